The minimum Gasteiger partial charge on any atom is -0.374 e. The molecule has 9 rings (SSSR count). The molecule has 1 N–H and O–H groups in total. The van der Waals surface area contributed by atoms with Crippen LogP contribution in [0, 0.1) is 0 Å². The van der Waals surface area contributed by atoms with E-state index in [1.165, 1.54) is 0 Å². The van der Waals surface area contributed by atoms with Gasteiger partial charge in [-0.3, -0.25) is 0 Å². The van der Waals surface area contributed by atoms with Gasteiger partial charge in [-0.25, -0.2) is 0 Å². The van der Waals surface area contributed by atoms with Gasteiger partial charge in [0, 0.05) is 5.56 Å². The molecule has 0 bridgehead atoms. The summed E-state index contributed by atoms with van der Waals surface area (Å²) in [6.07, 6.45) is -9.50. The Morgan fingerprint density at radius 1 is 0.617 bits per heavy atom. The Hall–Kier alpha value is -3.64. The molecule has 13 heteroatoms. The van der Waals surface area contributed by atoms with E-state index in [0.717, 1.165) is 22.3 Å². The molecule has 60 heavy (non-hydrogen) atoms. The monoisotopic (exact) mass is 826 g/mol. The fourth-order valence-electron chi connectivity index (χ4n) is 8.56. The van der Waals surface area contributed by atoms with Crippen LogP contribution in [0.15, 0.2) is 121 Å². The lowest BCUT2D eigenvalue weighted by molar-refractivity contribution is -0.351. The predicted molar refractivity (Wildman–Crippen MR) is 214 cm³/mol. The number of rotatable bonds is 15. The van der Waals surface area contributed by atoms with Crippen LogP contribution in [0.1, 0.15) is 49.3 Å². The van der Waals surface area contributed by atoms with Crippen LogP contribution in [0.3, 0.4) is 0 Å². The maximum absolute atomic E-state index is 10.8. The fourth-order valence-corrected chi connectivity index (χ4v) is 8.56. The first-order valence-electron chi connectivity index (χ1n) is 20.8. The Bertz CT molecular complexity index is 1940. The highest BCUT2D eigenvalue weighted by Gasteiger charge is 2.62. The summed E-state index contributed by atoms with van der Waals surface area (Å²) in [6, 6.07) is 39.6. The van der Waals surface area contributed by atoms with Crippen molar-refractivity contribution in [3.63, 3.8) is 0 Å². The molecule has 5 fully saturated rings. The molecule has 0 aromatic heterocycles. The molecule has 5 aliphatic rings. The second-order valence-corrected chi connectivity index (χ2v) is 16.4. The summed E-state index contributed by atoms with van der Waals surface area (Å²) in [6.45, 7) is 6.78. The SMILES string of the molecule is CC1O[C@@H](O)C2OC(C)(C)OC2[C@H]1O[C@@H]1OC[C@@H](OCc2ccccc2)C(O[C@@H]2OCC3(COCc4ccccc4)O[C@@H](c4ccccc4)OC23)C1OCc1ccccc1. The predicted octanol–water partition coefficient (Wildman–Crippen LogP) is 5.97. The van der Waals surface area contributed by atoms with E-state index in [2.05, 4.69) is 0 Å². The molecule has 0 saturated carbocycles. The molecular weight excluding hydrogens is 773 g/mol. The lowest BCUT2D eigenvalue weighted by Crippen LogP contribution is -2.62. The van der Waals surface area contributed by atoms with Crippen molar-refractivity contribution >= 4 is 0 Å². The van der Waals surface area contributed by atoms with Crippen LogP contribution in [0.2, 0.25) is 0 Å². The second kappa shape index (κ2) is 18.4. The summed E-state index contributed by atoms with van der Waals surface area (Å²) in [5, 5.41) is 10.8. The van der Waals surface area contributed by atoms with E-state index in [4.69, 9.17) is 56.8 Å². The molecule has 320 valence electrons. The lowest BCUT2D eigenvalue weighted by Gasteiger charge is -2.46. The Labute approximate surface area is 350 Å². The molecule has 5 saturated heterocycles. The van der Waals surface area contributed by atoms with E-state index in [-0.39, 0.29) is 26.4 Å². The van der Waals surface area contributed by atoms with Gasteiger partial charge in [0.25, 0.3) is 0 Å². The normalized spacial score (nSPS) is 35.9. The van der Waals surface area contributed by atoms with Crippen LogP contribution < -0.4 is 0 Å². The first-order chi connectivity index (χ1) is 29.2. The van der Waals surface area contributed by atoms with E-state index < -0.39 is 85.4 Å². The van der Waals surface area contributed by atoms with Crippen molar-refractivity contribution in [1.29, 1.82) is 0 Å². The van der Waals surface area contributed by atoms with Gasteiger partial charge < -0.3 is 61.9 Å². The topological polar surface area (TPSA) is 131 Å². The summed E-state index contributed by atoms with van der Waals surface area (Å²) in [5.74, 6) is -0.970. The highest BCUT2D eigenvalue weighted by atomic mass is 16.8. The number of ether oxygens (including phenoxy) is 12. The zero-order valence-corrected chi connectivity index (χ0v) is 34.1. The number of fused-ring (bicyclic) bond motifs is 2. The molecule has 0 spiro atoms. The van der Waals surface area contributed by atoms with Gasteiger partial charge in [-0.1, -0.05) is 121 Å². The van der Waals surface area contributed by atoms with Gasteiger partial charge in [0.2, 0.25) is 0 Å². The summed E-state index contributed by atoms with van der Waals surface area (Å²) in [7, 11) is 0. The van der Waals surface area contributed by atoms with Crippen LogP contribution in [0.4, 0.5) is 0 Å². The summed E-state index contributed by atoms with van der Waals surface area (Å²) >= 11 is 0. The van der Waals surface area contributed by atoms with Gasteiger partial charge in [0.15, 0.2) is 30.9 Å². The maximum Gasteiger partial charge on any atom is 0.187 e. The maximum atomic E-state index is 10.8. The van der Waals surface area contributed by atoms with Crippen LogP contribution in [0.25, 0.3) is 0 Å². The molecule has 4 aromatic carbocycles. The molecule has 5 aliphatic heterocycles. The summed E-state index contributed by atoms with van der Waals surface area (Å²) < 4.78 is 78.6. The van der Waals surface area contributed by atoms with E-state index >= 15 is 0 Å². The van der Waals surface area contributed by atoms with Crippen molar-refractivity contribution in [3.05, 3.63) is 144 Å². The smallest absolute Gasteiger partial charge is 0.187 e. The van der Waals surface area contributed by atoms with Gasteiger partial charge in [-0.2, -0.15) is 0 Å². The first-order valence-corrected chi connectivity index (χ1v) is 20.8. The number of hydrogen-bond donors (Lipinski definition) is 1. The van der Waals surface area contributed by atoms with E-state index in [9.17, 15) is 5.11 Å². The third-order valence-electron chi connectivity index (χ3n) is 11.5. The minimum atomic E-state index is -1.19. The van der Waals surface area contributed by atoms with E-state index in [1.807, 2.05) is 128 Å². The molecule has 13 nitrogen and oxygen atoms in total. The number of hydrogen-bond acceptors (Lipinski definition) is 13. The van der Waals surface area contributed by atoms with Gasteiger partial charge in [0.1, 0.15) is 48.3 Å². The van der Waals surface area contributed by atoms with Crippen molar-refractivity contribution in [2.45, 2.75) is 126 Å². The Kier molecular flexibility index (Phi) is 12.8. The van der Waals surface area contributed by atoms with E-state index in [0.29, 0.717) is 13.2 Å². The van der Waals surface area contributed by atoms with Gasteiger partial charge in [-0.15, -0.1) is 0 Å². The zero-order valence-electron chi connectivity index (χ0n) is 34.1. The summed E-state index contributed by atoms with van der Waals surface area (Å²) in [5.41, 5.74) is 2.85. The average molecular weight is 827 g/mol. The fraction of sp³-hybridized carbons (Fsp3) is 0.489. The largest absolute Gasteiger partial charge is 0.374 e. The molecule has 0 radical (unpaired) electrons. The van der Waals surface area contributed by atoms with Gasteiger partial charge in [0.05, 0.1) is 45.7 Å². The zero-order chi connectivity index (χ0) is 41.1. The standard InChI is InChI=1S/C47H54O13/c1-30-36(38-39(42(48)54-30)59-46(2,3)58-38)55-44-40(51-26-33-20-12-6-13-21-33)37(35(27-52-44)50-25-32-18-10-5-11-19-32)56-45-41-47(29-53-45,28-49-24-31-16-8-4-9-17-31)60-43(57-41)34-22-14-7-15-23-34/h4-23,30,35-45,48H,24-29H2,1-3H3/t30?,35-,36+,37?,38?,39?,40?,41?,42-,43+,44+,45+,47?/m1/s1. The number of aliphatic hydroxyl groups excluding tert-OH is 1. The van der Waals surface area contributed by atoms with Gasteiger partial charge in [-0.05, 0) is 37.5 Å². The minimum absolute atomic E-state index is 0.0988. The Morgan fingerprint density at radius 3 is 1.87 bits per heavy atom. The van der Waals surface area contributed by atoms with Crippen LogP contribution >= 0.6 is 0 Å². The van der Waals surface area contributed by atoms with Crippen molar-refractivity contribution in [1.82, 2.24) is 0 Å². The lowest BCUT2D eigenvalue weighted by atomic mass is 9.98. The Balaban J connectivity index is 1.02. The molecule has 0 amide bonds. The number of aliphatic hydroxyl groups is 1. The quantitative estimate of drug-likeness (QED) is 0.151. The molecule has 13 atom stereocenters. The molecule has 4 aromatic rings. The van der Waals surface area contributed by atoms with Crippen LogP contribution in [-0.2, 0) is 76.7 Å². The van der Waals surface area contributed by atoms with Crippen molar-refractivity contribution in [2.75, 3.05) is 19.8 Å². The third kappa shape index (κ3) is 9.25. The van der Waals surface area contributed by atoms with Crippen molar-refractivity contribution in [3.8, 4) is 0 Å². The Morgan fingerprint density at radius 2 is 1.20 bits per heavy atom. The molecular formula is C47H54O13. The number of benzene rings is 4. The first kappa shape index (κ1) is 41.7. The van der Waals surface area contributed by atoms with Crippen LogP contribution in [0.5, 0.6) is 0 Å². The summed E-state index contributed by atoms with van der Waals surface area (Å²) in [4.78, 5) is 0. The third-order valence-corrected chi connectivity index (χ3v) is 11.5. The van der Waals surface area contributed by atoms with Gasteiger partial charge >= 0.3 is 0 Å². The highest BCUT2D eigenvalue weighted by molar-refractivity contribution is 5.19. The second-order valence-electron chi connectivity index (χ2n) is 16.4. The van der Waals surface area contributed by atoms with E-state index in [1.54, 1.807) is 13.8 Å². The van der Waals surface area contributed by atoms with Crippen molar-refractivity contribution in [2.24, 2.45) is 0 Å². The van der Waals surface area contributed by atoms with Crippen molar-refractivity contribution < 1.29 is 61.9 Å². The molecule has 5 heterocycles. The molecule has 7 unspecified atom stereocenters. The average Bonchev–Trinajstić information content (AvgIpc) is 3.92. The highest BCUT2D eigenvalue weighted by Crippen LogP contribution is 2.46. The van der Waals surface area contributed by atoms with Crippen LogP contribution in [-0.4, -0.2) is 104 Å². The molecule has 0 aliphatic carbocycles.